The van der Waals surface area contributed by atoms with Crippen LogP contribution >= 0.6 is 31.9 Å². The van der Waals surface area contributed by atoms with E-state index in [2.05, 4.69) is 31.9 Å². The maximum absolute atomic E-state index is 12.0. The number of rotatable bonds is 2. The largest absolute Gasteiger partial charge is 0.460 e. The van der Waals surface area contributed by atoms with Crippen LogP contribution < -0.4 is 0 Å². The van der Waals surface area contributed by atoms with Gasteiger partial charge in [0.15, 0.2) is 5.76 Å². The highest BCUT2D eigenvalue weighted by atomic mass is 79.9. The zero-order valence-corrected chi connectivity index (χ0v) is 10.7. The number of ketones is 1. The molecule has 1 aromatic heterocycles. The smallest absolute Gasteiger partial charge is 0.230 e. The van der Waals surface area contributed by atoms with Gasteiger partial charge in [0.1, 0.15) is 0 Å². The van der Waals surface area contributed by atoms with Gasteiger partial charge in [0.05, 0.1) is 10.7 Å². The molecule has 0 N–H and O–H groups in total. The second kappa shape index (κ2) is 4.33. The molecule has 2 aromatic rings. The molecule has 0 aliphatic rings. The Morgan fingerprint density at radius 1 is 1.07 bits per heavy atom. The highest BCUT2D eigenvalue weighted by Gasteiger charge is 2.17. The molecule has 2 nitrogen and oxygen atoms in total. The lowest BCUT2D eigenvalue weighted by atomic mass is 10.1. The summed E-state index contributed by atoms with van der Waals surface area (Å²) in [6, 6.07) is 8.95. The van der Waals surface area contributed by atoms with E-state index in [1.807, 2.05) is 18.2 Å². The number of carbonyl (C=O) groups is 1. The quantitative estimate of drug-likeness (QED) is 0.778. The molecule has 0 atom stereocenters. The van der Waals surface area contributed by atoms with Crippen LogP contribution in [-0.2, 0) is 0 Å². The van der Waals surface area contributed by atoms with Crippen LogP contribution in [0.4, 0.5) is 0 Å². The van der Waals surface area contributed by atoms with Crippen molar-refractivity contribution >= 4 is 37.6 Å². The summed E-state index contributed by atoms with van der Waals surface area (Å²) in [5.74, 6) is 0.182. The first-order chi connectivity index (χ1) is 7.20. The van der Waals surface area contributed by atoms with E-state index in [0.717, 1.165) is 4.47 Å². The Hall–Kier alpha value is -0.870. The van der Waals surface area contributed by atoms with Gasteiger partial charge in [0, 0.05) is 10.0 Å². The van der Waals surface area contributed by atoms with Crippen LogP contribution in [0, 0.1) is 0 Å². The van der Waals surface area contributed by atoms with E-state index in [1.165, 1.54) is 6.26 Å². The van der Waals surface area contributed by atoms with Crippen molar-refractivity contribution in [2.45, 2.75) is 0 Å². The average Bonchev–Trinajstić information content (AvgIpc) is 2.64. The van der Waals surface area contributed by atoms with Crippen molar-refractivity contribution in [3.05, 3.63) is 56.9 Å². The first kappa shape index (κ1) is 10.6. The molecule has 0 aliphatic heterocycles. The summed E-state index contributed by atoms with van der Waals surface area (Å²) in [5, 5.41) is 0. The Labute approximate surface area is 104 Å². The fourth-order valence-corrected chi connectivity index (χ4v) is 2.07. The molecule has 0 amide bonds. The highest BCUT2D eigenvalue weighted by Crippen LogP contribution is 2.24. The third-order valence-corrected chi connectivity index (χ3v) is 3.26. The standard InChI is InChI=1S/C11H6Br2O2/c12-8-4-2-1-3-7(8)10(14)11-9(13)5-6-15-11/h1-6H. The maximum atomic E-state index is 12.0. The van der Waals surface area contributed by atoms with Crippen molar-refractivity contribution in [3.63, 3.8) is 0 Å². The summed E-state index contributed by atoms with van der Waals surface area (Å²) in [6.45, 7) is 0. The monoisotopic (exact) mass is 328 g/mol. The molecular formula is C11H6Br2O2. The summed E-state index contributed by atoms with van der Waals surface area (Å²) in [7, 11) is 0. The van der Waals surface area contributed by atoms with Crippen molar-refractivity contribution in [2.75, 3.05) is 0 Å². The number of carbonyl (C=O) groups excluding carboxylic acids is 1. The Kier molecular flexibility index (Phi) is 3.07. The molecule has 0 aliphatic carbocycles. The van der Waals surface area contributed by atoms with Gasteiger partial charge < -0.3 is 4.42 Å². The van der Waals surface area contributed by atoms with Crippen LogP contribution in [0.1, 0.15) is 16.1 Å². The lowest BCUT2D eigenvalue weighted by molar-refractivity contribution is 0.101. The topological polar surface area (TPSA) is 30.2 Å². The second-order valence-electron chi connectivity index (χ2n) is 2.91. The van der Waals surface area contributed by atoms with E-state index >= 15 is 0 Å². The molecule has 0 saturated heterocycles. The molecule has 1 aromatic carbocycles. The van der Waals surface area contributed by atoms with Crippen molar-refractivity contribution in [3.8, 4) is 0 Å². The van der Waals surface area contributed by atoms with E-state index in [9.17, 15) is 4.79 Å². The molecule has 0 spiro atoms. The number of benzene rings is 1. The van der Waals surface area contributed by atoms with Crippen LogP contribution in [0.2, 0.25) is 0 Å². The SMILES string of the molecule is O=C(c1ccccc1Br)c1occc1Br. The van der Waals surface area contributed by atoms with Gasteiger partial charge in [-0.05, 0) is 34.1 Å². The van der Waals surface area contributed by atoms with Crippen LogP contribution in [0.15, 0.2) is 50.0 Å². The minimum Gasteiger partial charge on any atom is -0.460 e. The molecule has 1 heterocycles. The van der Waals surface area contributed by atoms with Gasteiger partial charge in [0.2, 0.25) is 5.78 Å². The number of hydrogen-bond donors (Lipinski definition) is 0. The number of hydrogen-bond acceptors (Lipinski definition) is 2. The van der Waals surface area contributed by atoms with Gasteiger partial charge in [-0.2, -0.15) is 0 Å². The van der Waals surface area contributed by atoms with E-state index < -0.39 is 0 Å². The Morgan fingerprint density at radius 2 is 1.80 bits per heavy atom. The second-order valence-corrected chi connectivity index (χ2v) is 4.62. The highest BCUT2D eigenvalue weighted by molar-refractivity contribution is 9.10. The third kappa shape index (κ3) is 2.06. The summed E-state index contributed by atoms with van der Waals surface area (Å²) >= 11 is 6.59. The summed E-state index contributed by atoms with van der Waals surface area (Å²) in [6.07, 6.45) is 1.48. The number of halogens is 2. The average molecular weight is 330 g/mol. The third-order valence-electron chi connectivity index (χ3n) is 1.94. The van der Waals surface area contributed by atoms with Crippen molar-refractivity contribution < 1.29 is 9.21 Å². The first-order valence-electron chi connectivity index (χ1n) is 4.22. The molecular weight excluding hydrogens is 324 g/mol. The van der Waals surface area contributed by atoms with Gasteiger partial charge in [-0.1, -0.05) is 28.1 Å². The maximum Gasteiger partial charge on any atom is 0.230 e. The Bertz CT molecular complexity index is 503. The molecule has 0 radical (unpaired) electrons. The predicted octanol–water partition coefficient (Wildman–Crippen LogP) is 4.04. The molecule has 76 valence electrons. The lowest BCUT2D eigenvalue weighted by Gasteiger charge is -2.00. The lowest BCUT2D eigenvalue weighted by Crippen LogP contribution is -2.01. The van der Waals surface area contributed by atoms with Crippen molar-refractivity contribution in [1.29, 1.82) is 0 Å². The van der Waals surface area contributed by atoms with Crippen LogP contribution in [0.5, 0.6) is 0 Å². The normalized spacial score (nSPS) is 10.3. The van der Waals surface area contributed by atoms with Gasteiger partial charge >= 0.3 is 0 Å². The zero-order chi connectivity index (χ0) is 10.8. The van der Waals surface area contributed by atoms with Gasteiger partial charge in [0.25, 0.3) is 0 Å². The van der Waals surface area contributed by atoms with Crippen LogP contribution in [0.25, 0.3) is 0 Å². The summed E-state index contributed by atoms with van der Waals surface area (Å²) < 4.78 is 6.55. The minimum atomic E-state index is -0.139. The Morgan fingerprint density at radius 3 is 2.40 bits per heavy atom. The zero-order valence-electron chi connectivity index (χ0n) is 7.54. The van der Waals surface area contributed by atoms with E-state index in [4.69, 9.17) is 4.42 Å². The first-order valence-corrected chi connectivity index (χ1v) is 5.81. The predicted molar refractivity (Wildman–Crippen MR) is 64.0 cm³/mol. The van der Waals surface area contributed by atoms with E-state index in [-0.39, 0.29) is 5.78 Å². The summed E-state index contributed by atoms with van der Waals surface area (Å²) in [4.78, 5) is 12.0. The van der Waals surface area contributed by atoms with E-state index in [1.54, 1.807) is 12.1 Å². The molecule has 15 heavy (non-hydrogen) atoms. The fraction of sp³-hybridized carbons (Fsp3) is 0. The minimum absolute atomic E-state index is 0.139. The van der Waals surface area contributed by atoms with Crippen molar-refractivity contribution in [2.24, 2.45) is 0 Å². The van der Waals surface area contributed by atoms with Gasteiger partial charge in [-0.3, -0.25) is 4.79 Å². The summed E-state index contributed by atoms with van der Waals surface area (Å²) in [5.41, 5.74) is 0.591. The Balaban J connectivity index is 2.46. The fourth-order valence-electron chi connectivity index (χ4n) is 1.22. The van der Waals surface area contributed by atoms with Crippen LogP contribution in [0.3, 0.4) is 0 Å². The van der Waals surface area contributed by atoms with Crippen molar-refractivity contribution in [1.82, 2.24) is 0 Å². The van der Waals surface area contributed by atoms with E-state index in [0.29, 0.717) is 15.8 Å². The van der Waals surface area contributed by atoms with Gasteiger partial charge in [-0.15, -0.1) is 0 Å². The molecule has 4 heteroatoms. The van der Waals surface area contributed by atoms with Crippen LogP contribution in [-0.4, -0.2) is 5.78 Å². The molecule has 2 rings (SSSR count). The van der Waals surface area contributed by atoms with Gasteiger partial charge in [-0.25, -0.2) is 0 Å². The molecule has 0 unspecified atom stereocenters. The molecule has 0 fully saturated rings. The molecule has 0 saturated carbocycles. The number of furan rings is 1. The molecule has 0 bridgehead atoms.